The minimum atomic E-state index is -4.43. The molecule has 2 N–H and O–H groups in total. The van der Waals surface area contributed by atoms with Crippen LogP contribution in [-0.4, -0.2) is 92.5 Å². The normalized spacial score (nSPS) is 13.3. The molecule has 17 heteroatoms. The van der Waals surface area contributed by atoms with Gasteiger partial charge in [-0.3, -0.25) is 10.1 Å². The van der Waals surface area contributed by atoms with Gasteiger partial charge < -0.3 is 29.7 Å². The van der Waals surface area contributed by atoms with Gasteiger partial charge in [0.05, 0.1) is 32.5 Å². The zero-order valence-electron chi connectivity index (χ0n) is 39.8. The van der Waals surface area contributed by atoms with E-state index in [1.54, 1.807) is 48.2 Å². The van der Waals surface area contributed by atoms with Crippen LogP contribution >= 0.6 is 35.0 Å². The first-order valence-electron chi connectivity index (χ1n) is 23.2. The van der Waals surface area contributed by atoms with E-state index in [0.29, 0.717) is 77.6 Å². The molecule has 1 aliphatic rings. The number of nitro groups is 1. The molecule has 0 radical (unpaired) electrons. The first-order chi connectivity index (χ1) is 34.1. The maximum Gasteiger partial charge on any atom is 0.338 e. The SMILES string of the molecule is CCn1c(C)c(C(=O)O)c(-c2cccc(N3CCN(c4ccc(N(c5ccc(Cl)cc5)S(=O)(=O)c5ccc(N[C@H](CCN(C)C)CSc6ccccc6)c([N+](=O)[O-])c5)cc4)CC3)c2)c1-c1ccc(Cl)cc1. The molecule has 2 heterocycles. The van der Waals surface area contributed by atoms with Crippen molar-refractivity contribution in [3.05, 3.63) is 177 Å². The van der Waals surface area contributed by atoms with Gasteiger partial charge >= 0.3 is 5.97 Å². The van der Waals surface area contributed by atoms with Crippen LogP contribution in [0.5, 0.6) is 0 Å². The molecule has 71 heavy (non-hydrogen) atoms. The summed E-state index contributed by atoms with van der Waals surface area (Å²) in [5.74, 6) is -0.351. The van der Waals surface area contributed by atoms with Crippen LogP contribution in [0.2, 0.25) is 10.0 Å². The lowest BCUT2D eigenvalue weighted by Gasteiger charge is -2.37. The third kappa shape index (κ3) is 11.5. The van der Waals surface area contributed by atoms with Crippen molar-refractivity contribution in [1.29, 1.82) is 0 Å². The fraction of sp³-hybridized carbons (Fsp3) is 0.241. The van der Waals surface area contributed by atoms with Gasteiger partial charge in [0, 0.05) is 88.2 Å². The zero-order chi connectivity index (χ0) is 50.4. The predicted molar refractivity (Wildman–Crippen MR) is 290 cm³/mol. The summed E-state index contributed by atoms with van der Waals surface area (Å²) in [6, 6.07) is 43.0. The minimum Gasteiger partial charge on any atom is -0.478 e. The highest BCUT2D eigenvalue weighted by Crippen LogP contribution is 2.42. The Morgan fingerprint density at radius 2 is 1.39 bits per heavy atom. The van der Waals surface area contributed by atoms with Gasteiger partial charge in [0.15, 0.2) is 0 Å². The molecule has 8 rings (SSSR count). The fourth-order valence-electron chi connectivity index (χ4n) is 9.06. The average molecular weight is 1030 g/mol. The van der Waals surface area contributed by atoms with Crippen LogP contribution < -0.4 is 19.4 Å². The molecule has 0 spiro atoms. The topological polar surface area (TPSA) is 144 Å². The molecular weight excluding hydrogens is 978 g/mol. The van der Waals surface area contributed by atoms with E-state index in [1.165, 1.54) is 16.4 Å². The third-order valence-electron chi connectivity index (χ3n) is 12.6. The van der Waals surface area contributed by atoms with E-state index < -0.39 is 20.9 Å². The first kappa shape index (κ1) is 50.9. The highest BCUT2D eigenvalue weighted by molar-refractivity contribution is 7.99. The Morgan fingerprint density at radius 1 is 0.789 bits per heavy atom. The van der Waals surface area contributed by atoms with Crippen molar-refractivity contribution in [3.8, 4) is 22.4 Å². The van der Waals surface area contributed by atoms with Gasteiger partial charge in [-0.2, -0.15) is 0 Å². The fourth-order valence-corrected chi connectivity index (χ4v) is 11.8. The Hall–Kier alpha value is -6.49. The number of nitrogens with zero attached hydrogens (tertiary/aromatic N) is 6. The molecule has 1 saturated heterocycles. The van der Waals surface area contributed by atoms with Gasteiger partial charge in [-0.05, 0) is 149 Å². The summed E-state index contributed by atoms with van der Waals surface area (Å²) < 4.78 is 32.9. The van der Waals surface area contributed by atoms with Gasteiger partial charge in [0.25, 0.3) is 15.7 Å². The number of piperazine rings is 1. The number of aromatic carboxylic acids is 1. The van der Waals surface area contributed by atoms with Gasteiger partial charge in [-0.25, -0.2) is 17.5 Å². The van der Waals surface area contributed by atoms with Crippen LogP contribution in [0, 0.1) is 17.0 Å². The maximum atomic E-state index is 14.8. The number of anilines is 5. The number of nitrogens with one attached hydrogen (secondary N) is 1. The van der Waals surface area contributed by atoms with Gasteiger partial charge in [0.2, 0.25) is 0 Å². The largest absolute Gasteiger partial charge is 0.478 e. The number of nitro benzene ring substituents is 1. The Balaban J connectivity index is 1.02. The van der Waals surface area contributed by atoms with Crippen LogP contribution in [0.4, 0.5) is 34.1 Å². The van der Waals surface area contributed by atoms with Crippen molar-refractivity contribution in [1.82, 2.24) is 9.47 Å². The van der Waals surface area contributed by atoms with Gasteiger partial charge in [0.1, 0.15) is 5.69 Å². The smallest absolute Gasteiger partial charge is 0.338 e. The number of benzene rings is 6. The van der Waals surface area contributed by atoms with E-state index in [9.17, 15) is 28.4 Å². The molecule has 0 unspecified atom stereocenters. The number of rotatable bonds is 19. The van der Waals surface area contributed by atoms with Crippen molar-refractivity contribution in [3.63, 3.8) is 0 Å². The number of thioether (sulfide) groups is 1. The average Bonchev–Trinajstić information content (AvgIpc) is 3.68. The maximum absolute atomic E-state index is 14.8. The van der Waals surface area contributed by atoms with E-state index in [4.69, 9.17) is 23.2 Å². The molecule has 1 fully saturated rings. The Morgan fingerprint density at radius 3 is 1.99 bits per heavy atom. The molecule has 7 aromatic rings. The monoisotopic (exact) mass is 1030 g/mol. The van der Waals surface area contributed by atoms with Crippen molar-refractivity contribution >= 4 is 85.1 Å². The third-order valence-corrected chi connectivity index (χ3v) is 16.1. The number of halogens is 2. The lowest BCUT2D eigenvalue weighted by atomic mass is 9.96. The lowest BCUT2D eigenvalue weighted by Crippen LogP contribution is -2.46. The van der Waals surface area contributed by atoms with Crippen LogP contribution in [0.1, 0.15) is 29.4 Å². The van der Waals surface area contributed by atoms with Gasteiger partial charge in [-0.15, -0.1) is 11.8 Å². The number of hydrogen-bond acceptors (Lipinski definition) is 10. The molecular formula is C54H55Cl2N7O6S2. The van der Waals surface area contributed by atoms with Crippen molar-refractivity contribution in [2.24, 2.45) is 0 Å². The molecule has 6 aromatic carbocycles. The number of aromatic nitrogens is 1. The standard InChI is InChI=1S/C54H55Cl2N7O6S2/c1-5-61-37(2)51(54(64)65)52(53(61)38-14-16-40(55)17-15-38)39-10-9-11-46(34-39)60-32-30-59(31-33-60)43-22-24-45(25-23-43)62(44-20-18-41(56)19-21-44)71(68,69)48-26-27-49(50(35-48)63(66)67)57-42(28-29-58(3)4)36-70-47-12-7-6-8-13-47/h6-27,34-35,42,57H,5,28-33,36H2,1-4H3,(H,64,65)/t42-/m1/s1. The van der Waals surface area contributed by atoms with Crippen molar-refractivity contribution in [2.75, 3.05) is 72.0 Å². The Bertz CT molecular complexity index is 3110. The van der Waals surface area contributed by atoms with Crippen LogP contribution in [-0.2, 0) is 16.6 Å². The minimum absolute atomic E-state index is 0.153. The lowest BCUT2D eigenvalue weighted by molar-refractivity contribution is -0.384. The summed E-state index contributed by atoms with van der Waals surface area (Å²) in [4.78, 5) is 32.4. The molecule has 0 aliphatic carbocycles. The summed E-state index contributed by atoms with van der Waals surface area (Å²) in [6.07, 6.45) is 0.701. The molecule has 1 aliphatic heterocycles. The number of carbonyl (C=O) groups is 1. The van der Waals surface area contributed by atoms with E-state index in [1.807, 2.05) is 117 Å². The van der Waals surface area contributed by atoms with Crippen LogP contribution in [0.3, 0.4) is 0 Å². The quantitative estimate of drug-likeness (QED) is 0.0454. The number of carboxylic acid groups (broad SMARTS) is 1. The van der Waals surface area contributed by atoms with E-state index >= 15 is 0 Å². The predicted octanol–water partition coefficient (Wildman–Crippen LogP) is 12.4. The summed E-state index contributed by atoms with van der Waals surface area (Å²) in [6.45, 7) is 7.86. The molecule has 0 bridgehead atoms. The molecule has 13 nitrogen and oxygen atoms in total. The Kier molecular flexibility index (Phi) is 16.0. The van der Waals surface area contributed by atoms with Crippen molar-refractivity contribution in [2.45, 2.75) is 42.6 Å². The van der Waals surface area contributed by atoms with Crippen LogP contribution in [0.25, 0.3) is 22.4 Å². The van der Waals surface area contributed by atoms with E-state index in [2.05, 4.69) is 26.1 Å². The van der Waals surface area contributed by atoms with Crippen molar-refractivity contribution < 1.29 is 23.2 Å². The second-order valence-corrected chi connectivity index (χ2v) is 21.3. The second-order valence-electron chi connectivity index (χ2n) is 17.5. The summed E-state index contributed by atoms with van der Waals surface area (Å²) >= 11 is 14.2. The van der Waals surface area contributed by atoms with Gasteiger partial charge in [-0.1, -0.05) is 65.7 Å². The second kappa shape index (κ2) is 22.3. The highest BCUT2D eigenvalue weighted by atomic mass is 35.5. The van der Waals surface area contributed by atoms with E-state index in [-0.39, 0.29) is 27.9 Å². The zero-order valence-corrected chi connectivity index (χ0v) is 43.0. The molecule has 1 aromatic heterocycles. The summed E-state index contributed by atoms with van der Waals surface area (Å²) in [7, 11) is -0.485. The number of hydrogen-bond donors (Lipinski definition) is 2. The summed E-state index contributed by atoms with van der Waals surface area (Å²) in [5.41, 5.74) is 6.51. The molecule has 0 saturated carbocycles. The Labute approximate surface area is 429 Å². The number of sulfonamides is 1. The highest BCUT2D eigenvalue weighted by Gasteiger charge is 2.31. The van der Waals surface area contributed by atoms with Crippen LogP contribution in [0.15, 0.2) is 155 Å². The summed E-state index contributed by atoms with van der Waals surface area (Å²) in [5, 5.41) is 27.6. The first-order valence-corrected chi connectivity index (χ1v) is 26.4. The van der Waals surface area contributed by atoms with E-state index in [0.717, 1.165) is 45.7 Å². The molecule has 1 atom stereocenters. The molecule has 0 amide bonds. The molecule has 368 valence electrons. The number of carboxylic acids is 1.